The average Bonchev–Trinajstić information content (AvgIpc) is 2.75. The molecule has 0 saturated heterocycles. The van der Waals surface area contributed by atoms with Crippen LogP contribution in [0.4, 0.5) is 32.0 Å². The van der Waals surface area contributed by atoms with Gasteiger partial charge >= 0.3 is 12.5 Å². The highest BCUT2D eigenvalue weighted by Gasteiger charge is 2.47. The number of benzene rings is 1. The molecule has 1 aromatic carbocycles. The SMILES string of the molecule is CN(C)C=C1C(=O)N(c2ccc(OC(F)(F)F)cc2)N=C1C(F)(F)F. The lowest BCUT2D eigenvalue weighted by Crippen LogP contribution is -2.27. The van der Waals surface area contributed by atoms with E-state index in [1.54, 1.807) is 0 Å². The third-order valence-electron chi connectivity index (χ3n) is 2.85. The van der Waals surface area contributed by atoms with Crippen LogP contribution in [0.5, 0.6) is 5.75 Å². The zero-order valence-electron chi connectivity index (χ0n) is 12.8. The number of nitrogens with zero attached hydrogens (tertiary/aromatic N) is 3. The van der Waals surface area contributed by atoms with Gasteiger partial charge in [0.25, 0.3) is 5.91 Å². The van der Waals surface area contributed by atoms with Gasteiger partial charge in [-0.05, 0) is 24.3 Å². The van der Waals surface area contributed by atoms with E-state index in [-0.39, 0.29) is 5.69 Å². The molecular weight excluding hydrogens is 356 g/mol. The van der Waals surface area contributed by atoms with E-state index in [0.717, 1.165) is 30.5 Å². The summed E-state index contributed by atoms with van der Waals surface area (Å²) in [7, 11) is 2.86. The average molecular weight is 367 g/mol. The fraction of sp³-hybridized carbons (Fsp3) is 0.286. The molecule has 2 rings (SSSR count). The molecule has 0 unspecified atom stereocenters. The number of halogens is 6. The predicted molar refractivity (Wildman–Crippen MR) is 75.9 cm³/mol. The highest BCUT2D eigenvalue weighted by molar-refractivity contribution is 6.31. The highest BCUT2D eigenvalue weighted by Crippen LogP contribution is 2.33. The molecule has 0 bridgehead atoms. The number of alkyl halides is 6. The van der Waals surface area contributed by atoms with Gasteiger partial charge in [-0.2, -0.15) is 23.3 Å². The molecule has 1 amide bonds. The van der Waals surface area contributed by atoms with Crippen LogP contribution in [0.15, 0.2) is 41.1 Å². The van der Waals surface area contributed by atoms with Crippen molar-refractivity contribution in [3.05, 3.63) is 36.0 Å². The first kappa shape index (κ1) is 18.6. The Hall–Kier alpha value is -2.72. The molecule has 0 N–H and O–H groups in total. The molecule has 1 aliphatic heterocycles. The fourth-order valence-electron chi connectivity index (χ4n) is 1.96. The van der Waals surface area contributed by atoms with Crippen LogP contribution >= 0.6 is 0 Å². The molecule has 11 heteroatoms. The van der Waals surface area contributed by atoms with Crippen LogP contribution in [-0.2, 0) is 4.79 Å². The minimum atomic E-state index is -4.91. The summed E-state index contributed by atoms with van der Waals surface area (Å²) in [4.78, 5) is 13.5. The maximum atomic E-state index is 13.1. The van der Waals surface area contributed by atoms with E-state index >= 15 is 0 Å². The lowest BCUT2D eigenvalue weighted by Gasteiger charge is -2.13. The van der Waals surface area contributed by atoms with Crippen LogP contribution < -0.4 is 9.75 Å². The molecule has 0 spiro atoms. The lowest BCUT2D eigenvalue weighted by molar-refractivity contribution is -0.274. The van der Waals surface area contributed by atoms with Crippen molar-refractivity contribution in [1.29, 1.82) is 0 Å². The normalized spacial score (nSPS) is 17.1. The molecule has 0 atom stereocenters. The number of hydrogen-bond acceptors (Lipinski definition) is 4. The monoisotopic (exact) mass is 367 g/mol. The van der Waals surface area contributed by atoms with Crippen LogP contribution in [0.2, 0.25) is 0 Å². The Morgan fingerprint density at radius 3 is 2.08 bits per heavy atom. The van der Waals surface area contributed by atoms with Crippen molar-refractivity contribution in [2.24, 2.45) is 5.10 Å². The van der Waals surface area contributed by atoms with Crippen molar-refractivity contribution in [2.45, 2.75) is 12.5 Å². The Morgan fingerprint density at radius 1 is 1.08 bits per heavy atom. The summed E-state index contributed by atoms with van der Waals surface area (Å²) in [5.41, 5.74) is -2.20. The van der Waals surface area contributed by atoms with Gasteiger partial charge < -0.3 is 9.64 Å². The Labute approximate surface area is 137 Å². The van der Waals surface area contributed by atoms with Gasteiger partial charge in [0.2, 0.25) is 0 Å². The number of amides is 1. The van der Waals surface area contributed by atoms with Gasteiger partial charge in [0.15, 0.2) is 5.71 Å². The largest absolute Gasteiger partial charge is 0.573 e. The minimum absolute atomic E-state index is 0.136. The maximum Gasteiger partial charge on any atom is 0.573 e. The molecule has 1 heterocycles. The second kappa shape index (κ2) is 6.30. The number of hydrazone groups is 1. The number of ether oxygens (including phenoxy) is 1. The third-order valence-corrected chi connectivity index (χ3v) is 2.85. The zero-order valence-corrected chi connectivity index (χ0v) is 12.8. The van der Waals surface area contributed by atoms with E-state index in [9.17, 15) is 31.1 Å². The van der Waals surface area contributed by atoms with Crippen molar-refractivity contribution in [3.63, 3.8) is 0 Å². The molecule has 0 fully saturated rings. The van der Waals surface area contributed by atoms with Crippen molar-refractivity contribution in [1.82, 2.24) is 4.90 Å². The molecule has 1 aromatic rings. The van der Waals surface area contributed by atoms with Crippen LogP contribution in [0.3, 0.4) is 0 Å². The second-order valence-corrected chi connectivity index (χ2v) is 5.11. The summed E-state index contributed by atoms with van der Waals surface area (Å²) in [5.74, 6) is -1.63. The van der Waals surface area contributed by atoms with E-state index in [4.69, 9.17) is 0 Å². The molecule has 25 heavy (non-hydrogen) atoms. The number of carbonyl (C=O) groups excluding carboxylic acids is 1. The van der Waals surface area contributed by atoms with Gasteiger partial charge in [0, 0.05) is 20.3 Å². The van der Waals surface area contributed by atoms with E-state index in [2.05, 4.69) is 9.84 Å². The van der Waals surface area contributed by atoms with E-state index < -0.39 is 35.5 Å². The summed E-state index contributed by atoms with van der Waals surface area (Å²) in [6.07, 6.45) is -8.81. The first-order chi connectivity index (χ1) is 11.4. The van der Waals surface area contributed by atoms with Crippen LogP contribution in [0, 0.1) is 0 Å². The quantitative estimate of drug-likeness (QED) is 0.608. The number of hydrogen-bond donors (Lipinski definition) is 0. The number of carbonyl (C=O) groups is 1. The van der Waals surface area contributed by atoms with Crippen LogP contribution in [-0.4, -0.2) is 43.2 Å². The Morgan fingerprint density at radius 2 is 1.64 bits per heavy atom. The van der Waals surface area contributed by atoms with Crippen LogP contribution in [0.25, 0.3) is 0 Å². The Balaban J connectivity index is 2.36. The lowest BCUT2D eigenvalue weighted by atomic mass is 10.1. The summed E-state index contributed by atoms with van der Waals surface area (Å²) in [5, 5.41) is 3.73. The fourth-order valence-corrected chi connectivity index (χ4v) is 1.96. The van der Waals surface area contributed by atoms with Gasteiger partial charge in [-0.25, -0.2) is 0 Å². The number of anilines is 1. The predicted octanol–water partition coefficient (Wildman–Crippen LogP) is 3.30. The van der Waals surface area contributed by atoms with Crippen molar-refractivity contribution in [2.75, 3.05) is 19.1 Å². The maximum absolute atomic E-state index is 13.1. The first-order valence-electron chi connectivity index (χ1n) is 6.63. The highest BCUT2D eigenvalue weighted by atomic mass is 19.4. The van der Waals surface area contributed by atoms with Gasteiger partial charge in [0.1, 0.15) is 5.75 Å². The standard InChI is InChI=1S/C14H11F6N3O2/c1-22(2)7-10-11(13(15,16)17)21-23(12(10)24)8-3-5-9(6-4-8)25-14(18,19)20/h3-7H,1-2H3. The summed E-state index contributed by atoms with van der Waals surface area (Å²) in [6.45, 7) is 0. The molecule has 136 valence electrons. The minimum Gasteiger partial charge on any atom is -0.406 e. The van der Waals surface area contributed by atoms with Gasteiger partial charge in [-0.1, -0.05) is 0 Å². The van der Waals surface area contributed by atoms with Gasteiger partial charge in [-0.15, -0.1) is 13.2 Å². The first-order valence-corrected chi connectivity index (χ1v) is 6.63. The molecule has 0 aliphatic carbocycles. The number of rotatable bonds is 3. The summed E-state index contributed by atoms with van der Waals surface area (Å²) < 4.78 is 79.2. The topological polar surface area (TPSA) is 45.1 Å². The van der Waals surface area contributed by atoms with E-state index in [0.29, 0.717) is 5.01 Å². The summed E-state index contributed by atoms with van der Waals surface area (Å²) in [6, 6.07) is 3.73. The third kappa shape index (κ3) is 4.43. The molecule has 0 saturated carbocycles. The Kier molecular flexibility index (Phi) is 4.69. The second-order valence-electron chi connectivity index (χ2n) is 5.11. The van der Waals surface area contributed by atoms with E-state index in [1.807, 2.05) is 0 Å². The molecule has 0 aromatic heterocycles. The molecule has 5 nitrogen and oxygen atoms in total. The Bertz CT molecular complexity index is 720. The summed E-state index contributed by atoms with van der Waals surface area (Å²) >= 11 is 0. The smallest absolute Gasteiger partial charge is 0.406 e. The van der Waals surface area contributed by atoms with Crippen molar-refractivity contribution in [3.8, 4) is 5.75 Å². The van der Waals surface area contributed by atoms with Crippen molar-refractivity contribution < 1.29 is 35.9 Å². The van der Waals surface area contributed by atoms with E-state index in [1.165, 1.54) is 19.0 Å². The van der Waals surface area contributed by atoms with Gasteiger partial charge in [0.05, 0.1) is 11.3 Å². The molecule has 0 radical (unpaired) electrons. The van der Waals surface area contributed by atoms with Crippen molar-refractivity contribution >= 4 is 17.3 Å². The molecular formula is C14H11F6N3O2. The van der Waals surface area contributed by atoms with Crippen LogP contribution in [0.1, 0.15) is 0 Å². The zero-order chi connectivity index (χ0) is 19.0. The molecule has 1 aliphatic rings. The van der Waals surface area contributed by atoms with Gasteiger partial charge in [-0.3, -0.25) is 4.79 Å².